The van der Waals surface area contributed by atoms with Crippen molar-refractivity contribution in [3.8, 4) is 0 Å². The van der Waals surface area contributed by atoms with Crippen LogP contribution in [-0.2, 0) is 24.2 Å². The number of aromatic nitrogens is 1. The minimum atomic E-state index is 0.0923. The smallest absolute Gasteiger partial charge is 0.232 e. The molecule has 2 aliphatic carbocycles. The molecule has 0 aliphatic heterocycles. The van der Waals surface area contributed by atoms with Crippen LogP contribution >= 0.6 is 11.3 Å². The largest absolute Gasteiger partial charge is 0.283 e. The average Bonchev–Trinajstić information content (AvgIpc) is 3.11. The van der Waals surface area contributed by atoms with Gasteiger partial charge in [0.1, 0.15) is 0 Å². The van der Waals surface area contributed by atoms with E-state index in [0.717, 1.165) is 42.8 Å². The number of hydrogen-bond donors (Lipinski definition) is 0. The molecule has 25 heavy (non-hydrogen) atoms. The second kappa shape index (κ2) is 7.52. The van der Waals surface area contributed by atoms with Gasteiger partial charge in [0.05, 0.1) is 12.2 Å². The molecule has 0 saturated carbocycles. The third-order valence-corrected chi connectivity index (χ3v) is 6.31. The maximum Gasteiger partial charge on any atom is 0.232 e. The third-order valence-electron chi connectivity index (χ3n) is 5.13. The number of amides is 1. The number of carbonyl (C=O) groups is 1. The molecule has 1 aromatic carbocycles. The first-order chi connectivity index (χ1) is 12.3. The van der Waals surface area contributed by atoms with E-state index >= 15 is 0 Å². The van der Waals surface area contributed by atoms with E-state index in [1.165, 1.54) is 23.4 Å². The number of fused-ring (bicyclic) bond motifs is 1. The molecule has 1 amide bonds. The Morgan fingerprint density at radius 2 is 2.00 bits per heavy atom. The molecule has 1 heterocycles. The summed E-state index contributed by atoms with van der Waals surface area (Å²) in [7, 11) is 0. The van der Waals surface area contributed by atoms with Gasteiger partial charge in [0.25, 0.3) is 0 Å². The number of aryl methyl sites for hydroxylation is 2. The van der Waals surface area contributed by atoms with Crippen LogP contribution in [0.25, 0.3) is 0 Å². The minimum absolute atomic E-state index is 0.0923. The Labute approximate surface area is 153 Å². The molecule has 2 aliphatic rings. The van der Waals surface area contributed by atoms with Crippen molar-refractivity contribution < 1.29 is 4.79 Å². The Balaban J connectivity index is 1.64. The van der Waals surface area contributed by atoms with E-state index in [1.807, 2.05) is 23.1 Å². The van der Waals surface area contributed by atoms with Crippen molar-refractivity contribution in [1.82, 2.24) is 4.98 Å². The van der Waals surface area contributed by atoms with Gasteiger partial charge in [-0.2, -0.15) is 0 Å². The lowest BCUT2D eigenvalue weighted by molar-refractivity contribution is -0.122. The molecule has 1 atom stereocenters. The average molecular weight is 353 g/mol. The first-order valence-electron chi connectivity index (χ1n) is 9.30. The molecule has 0 saturated heterocycles. The van der Waals surface area contributed by atoms with Gasteiger partial charge in [-0.25, -0.2) is 4.98 Å². The quantitative estimate of drug-likeness (QED) is 0.732. The highest BCUT2D eigenvalue weighted by Crippen LogP contribution is 2.34. The third kappa shape index (κ3) is 3.69. The Morgan fingerprint density at radius 3 is 2.76 bits per heavy atom. The molecule has 0 radical (unpaired) electrons. The van der Waals surface area contributed by atoms with Crippen molar-refractivity contribution in [3.63, 3.8) is 0 Å². The number of rotatable bonds is 4. The van der Waals surface area contributed by atoms with Gasteiger partial charge in [0.15, 0.2) is 5.13 Å². The number of nitrogens with zero attached hydrogens (tertiary/aromatic N) is 2. The zero-order chi connectivity index (χ0) is 17.1. The van der Waals surface area contributed by atoms with Crippen molar-refractivity contribution in [2.24, 2.45) is 5.92 Å². The van der Waals surface area contributed by atoms with E-state index in [0.29, 0.717) is 6.54 Å². The summed E-state index contributed by atoms with van der Waals surface area (Å²) in [5.74, 6) is 0.328. The number of carbonyl (C=O) groups excluding carboxylic acids is 1. The summed E-state index contributed by atoms with van der Waals surface area (Å²) >= 11 is 1.73. The molecule has 0 spiro atoms. The van der Waals surface area contributed by atoms with E-state index < -0.39 is 0 Å². The first-order valence-corrected chi connectivity index (χ1v) is 10.1. The standard InChI is InChI=1S/C21H24N2OS/c24-20(17-11-5-2-6-12-17)23(15-16-9-3-1-4-10-16)21-22-18-13-7-8-14-19(18)25-21/h1-5,9-10,17H,6-8,11-15H2/t17-/m0/s1. The van der Waals surface area contributed by atoms with Crippen LogP contribution in [0.15, 0.2) is 42.5 Å². The Hall–Kier alpha value is -1.94. The van der Waals surface area contributed by atoms with Gasteiger partial charge in [-0.05, 0) is 50.5 Å². The molecule has 0 fully saturated rings. The van der Waals surface area contributed by atoms with Gasteiger partial charge in [0.2, 0.25) is 5.91 Å². The van der Waals surface area contributed by atoms with Gasteiger partial charge < -0.3 is 0 Å². The fraction of sp³-hybridized carbons (Fsp3) is 0.429. The summed E-state index contributed by atoms with van der Waals surface area (Å²) in [6, 6.07) is 10.3. The summed E-state index contributed by atoms with van der Waals surface area (Å²) in [5.41, 5.74) is 2.39. The Morgan fingerprint density at radius 1 is 1.16 bits per heavy atom. The summed E-state index contributed by atoms with van der Waals surface area (Å²) in [4.78, 5) is 21.5. The molecular weight excluding hydrogens is 328 g/mol. The lowest BCUT2D eigenvalue weighted by Crippen LogP contribution is -2.36. The topological polar surface area (TPSA) is 33.2 Å². The normalized spacial score (nSPS) is 19.4. The molecule has 1 aromatic heterocycles. The summed E-state index contributed by atoms with van der Waals surface area (Å²) < 4.78 is 0. The molecule has 4 heteroatoms. The van der Waals surface area contributed by atoms with E-state index in [1.54, 1.807) is 11.3 Å². The lowest BCUT2D eigenvalue weighted by Gasteiger charge is -2.26. The van der Waals surface area contributed by atoms with Crippen LogP contribution in [-0.4, -0.2) is 10.9 Å². The summed E-state index contributed by atoms with van der Waals surface area (Å²) in [6.07, 6.45) is 11.8. The molecule has 0 unspecified atom stereocenters. The number of allylic oxidation sites excluding steroid dienone is 2. The second-order valence-electron chi connectivity index (χ2n) is 6.96. The van der Waals surface area contributed by atoms with Crippen LogP contribution in [0, 0.1) is 5.92 Å². The van der Waals surface area contributed by atoms with Gasteiger partial charge in [0, 0.05) is 10.8 Å². The van der Waals surface area contributed by atoms with Crippen LogP contribution in [0.4, 0.5) is 5.13 Å². The van der Waals surface area contributed by atoms with Crippen LogP contribution in [0.3, 0.4) is 0 Å². The molecule has 2 aromatic rings. The van der Waals surface area contributed by atoms with Crippen molar-refractivity contribution >= 4 is 22.4 Å². The van der Waals surface area contributed by atoms with E-state index in [9.17, 15) is 4.79 Å². The maximum atomic E-state index is 13.3. The van der Waals surface area contributed by atoms with E-state index in [-0.39, 0.29) is 11.8 Å². The van der Waals surface area contributed by atoms with Crippen molar-refractivity contribution in [2.75, 3.05) is 4.90 Å². The SMILES string of the molecule is O=C([C@H]1CC=CCC1)N(Cc1ccccc1)c1nc2c(s1)CCCC2. The van der Waals surface area contributed by atoms with Gasteiger partial charge >= 0.3 is 0 Å². The maximum absolute atomic E-state index is 13.3. The zero-order valence-corrected chi connectivity index (χ0v) is 15.3. The van der Waals surface area contributed by atoms with E-state index in [4.69, 9.17) is 4.98 Å². The second-order valence-corrected chi connectivity index (χ2v) is 8.03. The zero-order valence-electron chi connectivity index (χ0n) is 14.5. The monoisotopic (exact) mass is 352 g/mol. The van der Waals surface area contributed by atoms with Crippen LogP contribution in [0.5, 0.6) is 0 Å². The molecular formula is C21H24N2OS. The highest BCUT2D eigenvalue weighted by molar-refractivity contribution is 7.15. The first kappa shape index (κ1) is 16.5. The molecule has 3 nitrogen and oxygen atoms in total. The summed E-state index contributed by atoms with van der Waals surface area (Å²) in [5, 5.41) is 0.898. The molecule has 4 rings (SSSR count). The summed E-state index contributed by atoms with van der Waals surface area (Å²) in [6.45, 7) is 0.617. The van der Waals surface area contributed by atoms with Crippen molar-refractivity contribution in [3.05, 3.63) is 58.6 Å². The predicted octanol–water partition coefficient (Wildman–Crippen LogP) is 4.91. The number of anilines is 1. The van der Waals surface area contributed by atoms with Gasteiger partial charge in [-0.15, -0.1) is 11.3 Å². The van der Waals surface area contributed by atoms with Crippen LogP contribution < -0.4 is 4.90 Å². The number of benzene rings is 1. The predicted molar refractivity (Wildman–Crippen MR) is 103 cm³/mol. The number of thiazole rings is 1. The highest BCUT2D eigenvalue weighted by Gasteiger charge is 2.29. The fourth-order valence-corrected chi connectivity index (χ4v) is 4.85. The van der Waals surface area contributed by atoms with Crippen LogP contribution in [0.2, 0.25) is 0 Å². The van der Waals surface area contributed by atoms with Crippen molar-refractivity contribution in [1.29, 1.82) is 0 Å². The Kier molecular flexibility index (Phi) is 4.97. The number of hydrogen-bond acceptors (Lipinski definition) is 3. The molecule has 0 bridgehead atoms. The molecule has 130 valence electrons. The fourth-order valence-electron chi connectivity index (χ4n) is 3.70. The van der Waals surface area contributed by atoms with Crippen LogP contribution in [0.1, 0.15) is 48.2 Å². The Bertz CT molecular complexity index is 742. The highest BCUT2D eigenvalue weighted by atomic mass is 32.1. The minimum Gasteiger partial charge on any atom is -0.283 e. The molecule has 0 N–H and O–H groups in total. The lowest BCUT2D eigenvalue weighted by atomic mass is 9.93. The van der Waals surface area contributed by atoms with Gasteiger partial charge in [-0.1, -0.05) is 42.5 Å². The van der Waals surface area contributed by atoms with Gasteiger partial charge in [-0.3, -0.25) is 9.69 Å². The van der Waals surface area contributed by atoms with Crippen molar-refractivity contribution in [2.45, 2.75) is 51.5 Å². The van der Waals surface area contributed by atoms with E-state index in [2.05, 4.69) is 24.3 Å².